The molecule has 30 heavy (non-hydrogen) atoms. The number of carbonyl (C=O) groups excluding carboxylic acids is 1. The van der Waals surface area contributed by atoms with Crippen LogP contribution in [0.2, 0.25) is 10.0 Å². The number of ether oxygens (including phenoxy) is 2. The van der Waals surface area contributed by atoms with Crippen molar-refractivity contribution < 1.29 is 14.3 Å². The van der Waals surface area contributed by atoms with Crippen molar-refractivity contribution in [3.63, 3.8) is 0 Å². The van der Waals surface area contributed by atoms with Gasteiger partial charge in [0.15, 0.2) is 0 Å². The SMILES string of the molecule is O=C(CNc1cccc(OCCN2CCOCC2)c1)N/N=C/c1c(Cl)cncc1Cl. The minimum absolute atomic E-state index is 0.0480. The maximum absolute atomic E-state index is 12.0. The molecule has 0 aliphatic carbocycles. The fraction of sp³-hybridized carbons (Fsp3) is 0.350. The lowest BCUT2D eigenvalue weighted by molar-refractivity contribution is -0.119. The summed E-state index contributed by atoms with van der Waals surface area (Å²) in [5.74, 6) is 0.430. The van der Waals surface area contributed by atoms with E-state index in [9.17, 15) is 4.79 Å². The van der Waals surface area contributed by atoms with Crippen LogP contribution in [-0.4, -0.2) is 68.0 Å². The van der Waals surface area contributed by atoms with Crippen LogP contribution in [-0.2, 0) is 9.53 Å². The van der Waals surface area contributed by atoms with E-state index in [1.807, 2.05) is 24.3 Å². The first-order chi connectivity index (χ1) is 14.6. The van der Waals surface area contributed by atoms with Crippen LogP contribution in [0.15, 0.2) is 41.8 Å². The Hall–Kier alpha value is -2.39. The zero-order valence-corrected chi connectivity index (χ0v) is 17.8. The number of halogens is 2. The maximum Gasteiger partial charge on any atom is 0.259 e. The Kier molecular flexibility index (Phi) is 8.70. The summed E-state index contributed by atoms with van der Waals surface area (Å²) < 4.78 is 11.2. The van der Waals surface area contributed by atoms with Gasteiger partial charge in [0.1, 0.15) is 12.4 Å². The number of nitrogens with zero attached hydrogens (tertiary/aromatic N) is 3. The summed E-state index contributed by atoms with van der Waals surface area (Å²) in [6.45, 7) is 4.91. The van der Waals surface area contributed by atoms with E-state index in [1.54, 1.807) is 0 Å². The Bertz CT molecular complexity index is 855. The highest BCUT2D eigenvalue weighted by atomic mass is 35.5. The van der Waals surface area contributed by atoms with Gasteiger partial charge in [-0.2, -0.15) is 5.10 Å². The Morgan fingerprint density at radius 3 is 2.80 bits per heavy atom. The van der Waals surface area contributed by atoms with E-state index in [4.69, 9.17) is 32.7 Å². The number of benzene rings is 1. The summed E-state index contributed by atoms with van der Waals surface area (Å²) in [6.07, 6.45) is 4.29. The second kappa shape index (κ2) is 11.7. The molecule has 1 amide bonds. The monoisotopic (exact) mass is 451 g/mol. The number of morpholine rings is 1. The molecule has 8 nitrogen and oxygen atoms in total. The van der Waals surface area contributed by atoms with Crippen molar-refractivity contribution in [2.45, 2.75) is 0 Å². The third kappa shape index (κ3) is 7.14. The smallest absolute Gasteiger partial charge is 0.259 e. The van der Waals surface area contributed by atoms with Crippen molar-refractivity contribution in [2.75, 3.05) is 51.3 Å². The average Bonchev–Trinajstić information content (AvgIpc) is 2.75. The molecule has 2 aromatic rings. The van der Waals surface area contributed by atoms with Crippen molar-refractivity contribution in [1.82, 2.24) is 15.3 Å². The molecule has 1 fully saturated rings. The first-order valence-electron chi connectivity index (χ1n) is 9.49. The number of rotatable bonds is 9. The summed E-state index contributed by atoms with van der Waals surface area (Å²) in [6, 6.07) is 7.47. The van der Waals surface area contributed by atoms with Crippen LogP contribution in [0.5, 0.6) is 5.75 Å². The predicted octanol–water partition coefficient (Wildman–Crippen LogP) is 2.66. The van der Waals surface area contributed by atoms with Crippen LogP contribution in [0.25, 0.3) is 0 Å². The Balaban J connectivity index is 1.41. The van der Waals surface area contributed by atoms with Gasteiger partial charge in [0.2, 0.25) is 0 Å². The van der Waals surface area contributed by atoms with E-state index >= 15 is 0 Å². The van der Waals surface area contributed by atoms with Gasteiger partial charge < -0.3 is 14.8 Å². The van der Waals surface area contributed by atoms with Gasteiger partial charge in [-0.1, -0.05) is 29.3 Å². The topological polar surface area (TPSA) is 88.1 Å². The van der Waals surface area contributed by atoms with E-state index < -0.39 is 0 Å². The third-order valence-corrected chi connectivity index (χ3v) is 4.94. The van der Waals surface area contributed by atoms with Gasteiger partial charge in [0, 0.05) is 49.3 Å². The summed E-state index contributed by atoms with van der Waals surface area (Å²) in [5.41, 5.74) is 3.69. The van der Waals surface area contributed by atoms with Gasteiger partial charge in [0.05, 0.1) is 36.0 Å². The number of carbonyl (C=O) groups is 1. The molecule has 2 N–H and O–H groups in total. The molecule has 0 bridgehead atoms. The Labute approximate surface area is 185 Å². The molecule has 0 spiro atoms. The minimum atomic E-state index is -0.314. The molecule has 3 rings (SSSR count). The second-order valence-electron chi connectivity index (χ2n) is 6.49. The molecule has 160 valence electrons. The summed E-state index contributed by atoms with van der Waals surface area (Å²) in [4.78, 5) is 18.2. The molecule has 0 radical (unpaired) electrons. The first kappa shape index (κ1) is 22.3. The van der Waals surface area contributed by atoms with Crippen molar-refractivity contribution in [1.29, 1.82) is 0 Å². The van der Waals surface area contributed by atoms with Crippen molar-refractivity contribution >= 4 is 41.0 Å². The van der Waals surface area contributed by atoms with Crippen LogP contribution in [0.4, 0.5) is 5.69 Å². The largest absolute Gasteiger partial charge is 0.492 e. The number of nitrogens with one attached hydrogen (secondary N) is 2. The number of aromatic nitrogens is 1. The van der Waals surface area contributed by atoms with Gasteiger partial charge in [-0.15, -0.1) is 0 Å². The molecule has 1 saturated heterocycles. The van der Waals surface area contributed by atoms with Crippen molar-refractivity contribution in [2.24, 2.45) is 5.10 Å². The third-order valence-electron chi connectivity index (χ3n) is 4.34. The highest BCUT2D eigenvalue weighted by Gasteiger charge is 2.10. The average molecular weight is 452 g/mol. The van der Waals surface area contributed by atoms with Crippen molar-refractivity contribution in [3.8, 4) is 5.75 Å². The summed E-state index contributed by atoms with van der Waals surface area (Å²) in [5, 5.41) is 7.62. The van der Waals surface area contributed by atoms with Gasteiger partial charge in [-0.3, -0.25) is 14.7 Å². The van der Waals surface area contributed by atoms with E-state index in [0.29, 0.717) is 22.2 Å². The van der Waals surface area contributed by atoms with Gasteiger partial charge in [-0.25, -0.2) is 5.43 Å². The lowest BCUT2D eigenvalue weighted by atomic mass is 10.3. The quantitative estimate of drug-likeness (QED) is 0.450. The van der Waals surface area contributed by atoms with E-state index in [0.717, 1.165) is 44.3 Å². The molecule has 0 saturated carbocycles. The van der Waals surface area contributed by atoms with Gasteiger partial charge >= 0.3 is 0 Å². The highest BCUT2D eigenvalue weighted by molar-refractivity contribution is 6.38. The summed E-state index contributed by atoms with van der Waals surface area (Å²) >= 11 is 12.0. The van der Waals surface area contributed by atoms with Crippen LogP contribution >= 0.6 is 23.2 Å². The molecule has 10 heteroatoms. The van der Waals surface area contributed by atoms with E-state index in [-0.39, 0.29) is 12.5 Å². The summed E-state index contributed by atoms with van der Waals surface area (Å²) in [7, 11) is 0. The zero-order chi connectivity index (χ0) is 21.2. The highest BCUT2D eigenvalue weighted by Crippen LogP contribution is 2.20. The second-order valence-corrected chi connectivity index (χ2v) is 7.31. The Morgan fingerprint density at radius 1 is 1.27 bits per heavy atom. The molecular formula is C20H23Cl2N5O3. The van der Waals surface area contributed by atoms with Crippen LogP contribution < -0.4 is 15.5 Å². The number of anilines is 1. The fourth-order valence-corrected chi connectivity index (χ4v) is 3.21. The maximum atomic E-state index is 12.0. The minimum Gasteiger partial charge on any atom is -0.492 e. The predicted molar refractivity (Wildman–Crippen MR) is 118 cm³/mol. The fourth-order valence-electron chi connectivity index (χ4n) is 2.75. The molecule has 1 aromatic heterocycles. The number of amides is 1. The number of hydrazone groups is 1. The van der Waals surface area contributed by atoms with Gasteiger partial charge in [0.25, 0.3) is 5.91 Å². The standard InChI is InChI=1S/C20H23Cl2N5O3/c21-18-12-23-13-19(22)17(18)11-25-26-20(28)14-24-15-2-1-3-16(10-15)30-9-6-27-4-7-29-8-5-27/h1-3,10-13,24H,4-9,14H2,(H,26,28)/b25-11+. The lowest BCUT2D eigenvalue weighted by Gasteiger charge is -2.26. The molecule has 0 unspecified atom stereocenters. The van der Waals surface area contributed by atoms with Gasteiger partial charge in [-0.05, 0) is 12.1 Å². The molecule has 1 aliphatic rings. The van der Waals surface area contributed by atoms with E-state index in [2.05, 4.69) is 25.7 Å². The van der Waals surface area contributed by atoms with Crippen LogP contribution in [0.3, 0.4) is 0 Å². The van der Waals surface area contributed by atoms with E-state index in [1.165, 1.54) is 18.6 Å². The molecule has 2 heterocycles. The van der Waals surface area contributed by atoms with Crippen molar-refractivity contribution in [3.05, 3.63) is 52.3 Å². The number of hydrogen-bond acceptors (Lipinski definition) is 7. The molecule has 1 aromatic carbocycles. The first-order valence-corrected chi connectivity index (χ1v) is 10.2. The zero-order valence-electron chi connectivity index (χ0n) is 16.3. The lowest BCUT2D eigenvalue weighted by Crippen LogP contribution is -2.38. The normalized spacial score (nSPS) is 14.6. The number of pyridine rings is 1. The van der Waals surface area contributed by atoms with Crippen LogP contribution in [0, 0.1) is 0 Å². The molecule has 0 atom stereocenters. The molecular weight excluding hydrogens is 429 g/mol. The van der Waals surface area contributed by atoms with Crippen LogP contribution in [0.1, 0.15) is 5.56 Å². The number of hydrogen-bond donors (Lipinski definition) is 2. The molecule has 1 aliphatic heterocycles. The Morgan fingerprint density at radius 2 is 2.03 bits per heavy atom.